The van der Waals surface area contributed by atoms with Crippen LogP contribution in [-0.4, -0.2) is 47.4 Å². The van der Waals surface area contributed by atoms with E-state index >= 15 is 0 Å². The van der Waals surface area contributed by atoms with Crippen LogP contribution >= 0.6 is 0 Å². The summed E-state index contributed by atoms with van der Waals surface area (Å²) in [6, 6.07) is 5.68. The Morgan fingerprint density at radius 3 is 2.36 bits per heavy atom. The molecule has 28 heavy (non-hydrogen) atoms. The predicted molar refractivity (Wildman–Crippen MR) is 107 cm³/mol. The van der Waals surface area contributed by atoms with Gasteiger partial charge in [-0.2, -0.15) is 0 Å². The molecule has 1 N–H and O–H groups in total. The van der Waals surface area contributed by atoms with E-state index in [9.17, 15) is 0 Å². The maximum atomic E-state index is 5.44. The number of benzene rings is 1. The quantitative estimate of drug-likeness (QED) is 0.568. The Kier molecular flexibility index (Phi) is 6.31. The fraction of sp³-hybridized carbons (Fsp3) is 0.350. The smallest absolute Gasteiger partial charge is 0.203 e. The highest BCUT2D eigenvalue weighted by Crippen LogP contribution is 2.41. The fourth-order valence-corrected chi connectivity index (χ4v) is 2.93. The van der Waals surface area contributed by atoms with Crippen molar-refractivity contribution in [3.05, 3.63) is 42.7 Å². The zero-order valence-electron chi connectivity index (χ0n) is 16.6. The number of aromatic nitrogens is 4. The van der Waals surface area contributed by atoms with Gasteiger partial charge in [0.25, 0.3) is 0 Å². The second kappa shape index (κ2) is 9.07. The van der Waals surface area contributed by atoms with Crippen LogP contribution in [-0.2, 0) is 6.54 Å². The Hall–Kier alpha value is -3.29. The SMILES string of the molecule is COc1cc(-c2cc(NCCCn3ccnc3)nc(C)n2)cc(OC)c1OC. The van der Waals surface area contributed by atoms with Gasteiger partial charge in [0.05, 0.1) is 33.4 Å². The molecule has 0 saturated carbocycles. The molecule has 0 fully saturated rings. The van der Waals surface area contributed by atoms with Gasteiger partial charge in [0.15, 0.2) is 11.5 Å². The molecule has 2 aromatic heterocycles. The highest BCUT2D eigenvalue weighted by molar-refractivity contribution is 5.70. The number of ether oxygens (including phenoxy) is 3. The molecule has 0 saturated heterocycles. The monoisotopic (exact) mass is 383 g/mol. The highest BCUT2D eigenvalue weighted by Gasteiger charge is 2.15. The molecule has 148 valence electrons. The van der Waals surface area contributed by atoms with E-state index in [0.29, 0.717) is 23.1 Å². The first-order valence-corrected chi connectivity index (χ1v) is 9.00. The molecular formula is C20H25N5O3. The molecule has 3 aromatic rings. The van der Waals surface area contributed by atoms with Crippen LogP contribution < -0.4 is 19.5 Å². The van der Waals surface area contributed by atoms with Gasteiger partial charge in [-0.3, -0.25) is 0 Å². The second-order valence-corrected chi connectivity index (χ2v) is 6.18. The number of aryl methyl sites for hydroxylation is 2. The lowest BCUT2D eigenvalue weighted by atomic mass is 10.1. The van der Waals surface area contributed by atoms with Crippen molar-refractivity contribution in [2.24, 2.45) is 0 Å². The third-order valence-corrected chi connectivity index (χ3v) is 4.26. The molecule has 2 heterocycles. The Morgan fingerprint density at radius 2 is 1.75 bits per heavy atom. The summed E-state index contributed by atoms with van der Waals surface area (Å²) < 4.78 is 18.3. The molecule has 0 atom stereocenters. The van der Waals surface area contributed by atoms with E-state index in [1.54, 1.807) is 27.5 Å². The van der Waals surface area contributed by atoms with Crippen LogP contribution in [0.1, 0.15) is 12.2 Å². The third-order valence-electron chi connectivity index (χ3n) is 4.26. The summed E-state index contributed by atoms with van der Waals surface area (Å²) >= 11 is 0. The molecule has 0 amide bonds. The highest BCUT2D eigenvalue weighted by atomic mass is 16.5. The predicted octanol–water partition coefficient (Wildman–Crippen LogP) is 3.18. The van der Waals surface area contributed by atoms with Crippen molar-refractivity contribution >= 4 is 5.82 Å². The summed E-state index contributed by atoms with van der Waals surface area (Å²) in [5, 5.41) is 3.37. The Bertz CT molecular complexity index is 887. The number of nitrogens with zero attached hydrogens (tertiary/aromatic N) is 4. The van der Waals surface area contributed by atoms with Crippen molar-refractivity contribution in [2.45, 2.75) is 19.9 Å². The van der Waals surface area contributed by atoms with Gasteiger partial charge in [0.2, 0.25) is 5.75 Å². The first-order chi connectivity index (χ1) is 13.6. The molecule has 0 aliphatic carbocycles. The van der Waals surface area contributed by atoms with Crippen LogP contribution in [0.3, 0.4) is 0 Å². The average Bonchev–Trinajstić information content (AvgIpc) is 3.23. The van der Waals surface area contributed by atoms with E-state index in [1.807, 2.05) is 42.2 Å². The lowest BCUT2D eigenvalue weighted by Crippen LogP contribution is -2.08. The van der Waals surface area contributed by atoms with Crippen molar-refractivity contribution in [1.82, 2.24) is 19.5 Å². The summed E-state index contributed by atoms with van der Waals surface area (Å²) in [7, 11) is 4.78. The van der Waals surface area contributed by atoms with Gasteiger partial charge in [0.1, 0.15) is 11.6 Å². The zero-order valence-corrected chi connectivity index (χ0v) is 16.6. The van der Waals surface area contributed by atoms with Gasteiger partial charge >= 0.3 is 0 Å². The third kappa shape index (κ3) is 4.51. The topological polar surface area (TPSA) is 83.3 Å². The van der Waals surface area contributed by atoms with Crippen LogP contribution in [0.5, 0.6) is 17.2 Å². The van der Waals surface area contributed by atoms with Gasteiger partial charge in [-0.25, -0.2) is 15.0 Å². The molecule has 0 unspecified atom stereocenters. The van der Waals surface area contributed by atoms with Gasteiger partial charge in [-0.1, -0.05) is 0 Å². The summed E-state index contributed by atoms with van der Waals surface area (Å²) in [5.41, 5.74) is 1.64. The minimum Gasteiger partial charge on any atom is -0.493 e. The number of methoxy groups -OCH3 is 3. The van der Waals surface area contributed by atoms with E-state index in [-0.39, 0.29) is 0 Å². The largest absolute Gasteiger partial charge is 0.493 e. The van der Waals surface area contributed by atoms with E-state index in [2.05, 4.69) is 20.3 Å². The Labute approximate surface area is 164 Å². The van der Waals surface area contributed by atoms with E-state index in [1.165, 1.54) is 0 Å². The van der Waals surface area contributed by atoms with E-state index in [0.717, 1.165) is 36.6 Å². The van der Waals surface area contributed by atoms with Gasteiger partial charge in [-0.05, 0) is 25.5 Å². The molecular weight excluding hydrogens is 358 g/mol. The standard InChI is InChI=1S/C20H25N5O3/c1-14-23-16(15-10-17(26-2)20(28-4)18(11-15)27-3)12-19(24-14)22-6-5-8-25-9-7-21-13-25/h7,9-13H,5-6,8H2,1-4H3,(H,22,23,24). The maximum Gasteiger partial charge on any atom is 0.203 e. The summed E-state index contributed by atoms with van der Waals surface area (Å²) in [4.78, 5) is 13.1. The van der Waals surface area contributed by atoms with Crippen LogP contribution in [0.15, 0.2) is 36.9 Å². The summed E-state index contributed by atoms with van der Waals surface area (Å²) in [6.45, 7) is 3.57. The lowest BCUT2D eigenvalue weighted by Gasteiger charge is -2.14. The number of anilines is 1. The molecule has 8 nitrogen and oxygen atoms in total. The van der Waals surface area contributed by atoms with Crippen molar-refractivity contribution in [3.63, 3.8) is 0 Å². The van der Waals surface area contributed by atoms with Crippen molar-refractivity contribution in [3.8, 4) is 28.5 Å². The Balaban J connectivity index is 1.79. The minimum absolute atomic E-state index is 0.553. The van der Waals surface area contributed by atoms with Crippen LogP contribution in [0.4, 0.5) is 5.82 Å². The molecule has 3 rings (SSSR count). The van der Waals surface area contributed by atoms with E-state index < -0.39 is 0 Å². The van der Waals surface area contributed by atoms with Gasteiger partial charge < -0.3 is 24.1 Å². The van der Waals surface area contributed by atoms with Gasteiger partial charge in [0, 0.05) is 37.1 Å². The van der Waals surface area contributed by atoms with Crippen LogP contribution in [0.25, 0.3) is 11.3 Å². The summed E-state index contributed by atoms with van der Waals surface area (Å²) in [6.07, 6.45) is 6.51. The maximum absolute atomic E-state index is 5.44. The first kappa shape index (κ1) is 19.5. The second-order valence-electron chi connectivity index (χ2n) is 6.18. The number of hydrogen-bond acceptors (Lipinski definition) is 7. The number of hydrogen-bond donors (Lipinski definition) is 1. The lowest BCUT2D eigenvalue weighted by molar-refractivity contribution is 0.324. The molecule has 1 aromatic carbocycles. The minimum atomic E-state index is 0.553. The molecule has 0 aliphatic rings. The number of nitrogens with one attached hydrogen (secondary N) is 1. The van der Waals surface area contributed by atoms with Crippen molar-refractivity contribution in [1.29, 1.82) is 0 Å². The molecule has 0 bridgehead atoms. The normalized spacial score (nSPS) is 10.6. The molecule has 0 radical (unpaired) electrons. The number of rotatable bonds is 9. The zero-order chi connectivity index (χ0) is 19.9. The van der Waals surface area contributed by atoms with Crippen molar-refractivity contribution < 1.29 is 14.2 Å². The summed E-state index contributed by atoms with van der Waals surface area (Å²) in [5.74, 6) is 3.19. The van der Waals surface area contributed by atoms with Crippen molar-refractivity contribution in [2.75, 3.05) is 33.2 Å². The van der Waals surface area contributed by atoms with Crippen LogP contribution in [0, 0.1) is 6.92 Å². The van der Waals surface area contributed by atoms with Crippen LogP contribution in [0.2, 0.25) is 0 Å². The first-order valence-electron chi connectivity index (χ1n) is 9.00. The molecule has 0 spiro atoms. The average molecular weight is 383 g/mol. The molecule has 8 heteroatoms. The number of imidazole rings is 1. The Morgan fingerprint density at radius 1 is 1.00 bits per heavy atom. The molecule has 0 aliphatic heterocycles. The van der Waals surface area contributed by atoms with Gasteiger partial charge in [-0.15, -0.1) is 0 Å². The van der Waals surface area contributed by atoms with E-state index in [4.69, 9.17) is 14.2 Å². The fourth-order valence-electron chi connectivity index (χ4n) is 2.93.